The summed E-state index contributed by atoms with van der Waals surface area (Å²) < 4.78 is 12.0. The van der Waals surface area contributed by atoms with Gasteiger partial charge in [0.2, 0.25) is 5.91 Å². The van der Waals surface area contributed by atoms with Crippen molar-refractivity contribution in [2.45, 2.75) is 45.4 Å². The molecule has 0 bridgehead atoms. The highest BCUT2D eigenvalue weighted by molar-refractivity contribution is 6.02. The van der Waals surface area contributed by atoms with Crippen molar-refractivity contribution in [2.75, 3.05) is 45.3 Å². The van der Waals surface area contributed by atoms with Crippen molar-refractivity contribution >= 4 is 17.5 Å². The zero-order chi connectivity index (χ0) is 26.4. The van der Waals surface area contributed by atoms with Crippen LogP contribution in [0.2, 0.25) is 0 Å². The minimum Gasteiger partial charge on any atom is -0.486 e. The molecule has 200 valence electrons. The van der Waals surface area contributed by atoms with Crippen LogP contribution in [0.1, 0.15) is 42.6 Å². The van der Waals surface area contributed by atoms with E-state index in [1.54, 1.807) is 35.5 Å². The standard InChI is InChI=1S/C28H38N4O5/c1-19-15-32(20(2)18-33)28(35)23-5-4-6-24(30-27(34)22-9-13-36-14-10-22)26(23)37-25(19)17-31(3)16-21-7-11-29-12-8-21/h4-8,11-12,19-20,22,25,33H,9-10,13-18H2,1-3H3,(H,30,34)/t19-,20+,25+/m0/s1. The molecule has 2 amide bonds. The van der Waals surface area contributed by atoms with Crippen LogP contribution in [0.5, 0.6) is 5.75 Å². The Bertz CT molecular complexity index is 1060. The number of aromatic nitrogens is 1. The predicted octanol–water partition coefficient (Wildman–Crippen LogP) is 2.80. The molecular weight excluding hydrogens is 472 g/mol. The maximum Gasteiger partial charge on any atom is 0.258 e. The van der Waals surface area contributed by atoms with Gasteiger partial charge in [0.15, 0.2) is 5.75 Å². The van der Waals surface area contributed by atoms with Crippen LogP contribution in [0, 0.1) is 11.8 Å². The number of fused-ring (bicyclic) bond motifs is 1. The van der Waals surface area contributed by atoms with Gasteiger partial charge in [-0.1, -0.05) is 13.0 Å². The number of benzene rings is 1. The Hall–Kier alpha value is -3.01. The first-order valence-electron chi connectivity index (χ1n) is 13.0. The van der Waals surface area contributed by atoms with Crippen molar-refractivity contribution in [2.24, 2.45) is 11.8 Å². The molecule has 2 aliphatic rings. The third kappa shape index (κ3) is 6.66. The number of carbonyl (C=O) groups is 2. The van der Waals surface area contributed by atoms with Crippen LogP contribution in [0.4, 0.5) is 5.69 Å². The van der Waals surface area contributed by atoms with Crippen LogP contribution in [0.15, 0.2) is 42.7 Å². The van der Waals surface area contributed by atoms with E-state index >= 15 is 0 Å². The summed E-state index contributed by atoms with van der Waals surface area (Å²) in [5, 5.41) is 12.9. The molecule has 37 heavy (non-hydrogen) atoms. The number of anilines is 1. The van der Waals surface area contributed by atoms with E-state index < -0.39 is 0 Å². The second-order valence-electron chi connectivity index (χ2n) is 10.2. The van der Waals surface area contributed by atoms with Gasteiger partial charge in [0.1, 0.15) is 6.10 Å². The van der Waals surface area contributed by atoms with Gasteiger partial charge in [0.05, 0.1) is 23.9 Å². The Kier molecular flexibility index (Phi) is 9.13. The monoisotopic (exact) mass is 510 g/mol. The third-order valence-corrected chi connectivity index (χ3v) is 7.23. The van der Waals surface area contributed by atoms with E-state index in [4.69, 9.17) is 9.47 Å². The minimum absolute atomic E-state index is 0.0229. The molecule has 0 unspecified atom stereocenters. The van der Waals surface area contributed by atoms with E-state index in [0.717, 1.165) is 12.1 Å². The number of rotatable bonds is 8. The van der Waals surface area contributed by atoms with Crippen molar-refractivity contribution in [1.29, 1.82) is 0 Å². The first-order chi connectivity index (χ1) is 17.9. The normalized spacial score (nSPS) is 21.5. The molecule has 3 heterocycles. The summed E-state index contributed by atoms with van der Waals surface area (Å²) in [6.07, 6.45) is 4.64. The van der Waals surface area contributed by atoms with Gasteiger partial charge in [-0.25, -0.2) is 0 Å². The SMILES string of the molecule is C[C@H](CO)N1C[C@H](C)[C@@H](CN(C)Cc2ccncc2)Oc2c(NC(=O)C3CCOCC3)cccc2C1=O. The quantitative estimate of drug-likeness (QED) is 0.563. The molecule has 1 saturated heterocycles. The highest BCUT2D eigenvalue weighted by atomic mass is 16.5. The van der Waals surface area contributed by atoms with Gasteiger partial charge in [-0.2, -0.15) is 0 Å². The molecule has 1 aromatic carbocycles. The first kappa shape index (κ1) is 27.0. The number of aliphatic hydroxyl groups is 1. The molecule has 1 fully saturated rings. The summed E-state index contributed by atoms with van der Waals surface area (Å²) in [5.41, 5.74) is 2.03. The maximum atomic E-state index is 13.6. The molecule has 2 N–H and O–H groups in total. The second kappa shape index (κ2) is 12.5. The predicted molar refractivity (Wildman–Crippen MR) is 140 cm³/mol. The van der Waals surface area contributed by atoms with Gasteiger partial charge in [0, 0.05) is 57.1 Å². The maximum absolute atomic E-state index is 13.6. The van der Waals surface area contributed by atoms with Crippen molar-refractivity contribution in [3.8, 4) is 5.75 Å². The second-order valence-corrected chi connectivity index (χ2v) is 10.2. The largest absolute Gasteiger partial charge is 0.486 e. The lowest BCUT2D eigenvalue weighted by Crippen LogP contribution is -2.49. The number of hydrogen-bond acceptors (Lipinski definition) is 7. The summed E-state index contributed by atoms with van der Waals surface area (Å²) >= 11 is 0. The molecule has 1 aromatic heterocycles. The number of carbonyl (C=O) groups excluding carboxylic acids is 2. The Morgan fingerprint density at radius 3 is 2.68 bits per heavy atom. The van der Waals surface area contributed by atoms with Crippen LogP contribution in [-0.4, -0.2) is 83.8 Å². The lowest BCUT2D eigenvalue weighted by atomic mass is 9.98. The number of ether oxygens (including phenoxy) is 2. The Morgan fingerprint density at radius 1 is 1.24 bits per heavy atom. The summed E-state index contributed by atoms with van der Waals surface area (Å²) in [4.78, 5) is 34.7. The van der Waals surface area contributed by atoms with Crippen molar-refractivity contribution in [1.82, 2.24) is 14.8 Å². The molecule has 4 rings (SSSR count). The molecule has 0 saturated carbocycles. The van der Waals surface area contributed by atoms with Gasteiger partial charge in [-0.3, -0.25) is 19.5 Å². The number of aliphatic hydroxyl groups excluding tert-OH is 1. The lowest BCUT2D eigenvalue weighted by molar-refractivity contribution is -0.122. The number of likely N-dealkylation sites (N-methyl/N-ethyl adjacent to an activating group) is 1. The number of pyridine rings is 1. The van der Waals surface area contributed by atoms with Crippen LogP contribution in [0.25, 0.3) is 0 Å². The van der Waals surface area contributed by atoms with Crippen LogP contribution >= 0.6 is 0 Å². The number of para-hydroxylation sites is 1. The number of hydrogen-bond donors (Lipinski definition) is 2. The molecule has 0 spiro atoms. The van der Waals surface area contributed by atoms with Gasteiger partial charge >= 0.3 is 0 Å². The van der Waals surface area contributed by atoms with E-state index in [1.165, 1.54) is 0 Å². The molecule has 9 nitrogen and oxygen atoms in total. The fraction of sp³-hybridized carbons (Fsp3) is 0.536. The molecule has 2 aromatic rings. The third-order valence-electron chi connectivity index (χ3n) is 7.23. The summed E-state index contributed by atoms with van der Waals surface area (Å²) in [5.74, 6) is -0.0768. The highest BCUT2D eigenvalue weighted by Crippen LogP contribution is 2.35. The number of nitrogens with zero attached hydrogens (tertiary/aromatic N) is 3. The van der Waals surface area contributed by atoms with Crippen LogP contribution in [0.3, 0.4) is 0 Å². The average molecular weight is 511 g/mol. The molecule has 0 aliphatic carbocycles. The van der Waals surface area contributed by atoms with Gasteiger partial charge < -0.3 is 24.8 Å². The molecule has 3 atom stereocenters. The molecule has 0 radical (unpaired) electrons. The van der Waals surface area contributed by atoms with E-state index in [-0.39, 0.29) is 42.4 Å². The summed E-state index contributed by atoms with van der Waals surface area (Å²) in [6, 6.07) is 8.90. The van der Waals surface area contributed by atoms with Gasteiger partial charge in [-0.15, -0.1) is 0 Å². The zero-order valence-corrected chi connectivity index (χ0v) is 21.9. The zero-order valence-electron chi connectivity index (χ0n) is 21.9. The average Bonchev–Trinajstić information content (AvgIpc) is 2.91. The number of nitrogens with one attached hydrogen (secondary N) is 1. The fourth-order valence-corrected chi connectivity index (χ4v) is 4.93. The van der Waals surface area contributed by atoms with Crippen LogP contribution in [-0.2, 0) is 16.1 Å². The van der Waals surface area contributed by atoms with E-state index in [2.05, 4.69) is 22.1 Å². The van der Waals surface area contributed by atoms with Gasteiger partial charge in [-0.05, 0) is 56.6 Å². The molecular formula is C28H38N4O5. The Balaban J connectivity index is 1.63. The Labute approximate surface area is 218 Å². The van der Waals surface area contributed by atoms with Crippen LogP contribution < -0.4 is 10.1 Å². The molecule has 2 aliphatic heterocycles. The van der Waals surface area contributed by atoms with Crippen molar-refractivity contribution < 1.29 is 24.2 Å². The topological polar surface area (TPSA) is 104 Å². The van der Waals surface area contributed by atoms with Gasteiger partial charge in [0.25, 0.3) is 5.91 Å². The summed E-state index contributed by atoms with van der Waals surface area (Å²) in [7, 11) is 2.04. The van der Waals surface area contributed by atoms with Crippen molar-refractivity contribution in [3.63, 3.8) is 0 Å². The minimum atomic E-state index is -0.350. The molecule has 9 heteroatoms. The van der Waals surface area contributed by atoms with E-state index in [9.17, 15) is 14.7 Å². The lowest BCUT2D eigenvalue weighted by Gasteiger charge is -2.38. The first-order valence-corrected chi connectivity index (χ1v) is 13.0. The summed E-state index contributed by atoms with van der Waals surface area (Å²) in [6.45, 7) is 6.68. The fourth-order valence-electron chi connectivity index (χ4n) is 4.93. The Morgan fingerprint density at radius 2 is 1.97 bits per heavy atom. The van der Waals surface area contributed by atoms with E-state index in [0.29, 0.717) is 56.1 Å². The van der Waals surface area contributed by atoms with Crippen molar-refractivity contribution in [3.05, 3.63) is 53.9 Å². The highest BCUT2D eigenvalue weighted by Gasteiger charge is 2.35. The van der Waals surface area contributed by atoms with E-state index in [1.807, 2.05) is 26.1 Å². The smallest absolute Gasteiger partial charge is 0.258 e. The number of amides is 2.